The molecule has 0 unspecified atom stereocenters. The van der Waals surface area contributed by atoms with Gasteiger partial charge < -0.3 is 10.6 Å². The van der Waals surface area contributed by atoms with Crippen molar-refractivity contribution in [3.05, 3.63) is 85.7 Å². The Morgan fingerprint density at radius 1 is 1.03 bits per heavy atom. The molecule has 1 aromatic carbocycles. The van der Waals surface area contributed by atoms with E-state index in [0.29, 0.717) is 27.7 Å². The van der Waals surface area contributed by atoms with Crippen LogP contribution in [0.4, 0.5) is 4.39 Å². The van der Waals surface area contributed by atoms with Crippen molar-refractivity contribution >= 4 is 48.2 Å². The van der Waals surface area contributed by atoms with Crippen molar-refractivity contribution in [3.8, 4) is 5.69 Å². The van der Waals surface area contributed by atoms with Gasteiger partial charge in [0.1, 0.15) is 5.82 Å². The van der Waals surface area contributed by atoms with Crippen molar-refractivity contribution in [2.45, 2.75) is 31.3 Å². The van der Waals surface area contributed by atoms with E-state index in [0.717, 1.165) is 12.5 Å². The van der Waals surface area contributed by atoms with Crippen molar-refractivity contribution in [2.75, 3.05) is 0 Å². The van der Waals surface area contributed by atoms with Crippen molar-refractivity contribution in [3.63, 3.8) is 0 Å². The molecule has 3 aromatic rings. The number of hydrogen-bond donors (Lipinski definition) is 2. The predicted octanol–water partition coefficient (Wildman–Crippen LogP) is 3.89. The van der Waals surface area contributed by atoms with E-state index in [1.54, 1.807) is 24.3 Å². The van der Waals surface area contributed by atoms with Crippen LogP contribution in [0.3, 0.4) is 0 Å². The van der Waals surface area contributed by atoms with Gasteiger partial charge in [-0.25, -0.2) is 4.39 Å². The molecule has 0 saturated heterocycles. The van der Waals surface area contributed by atoms with Gasteiger partial charge in [-0.15, -0.1) is 11.3 Å². The fourth-order valence-corrected chi connectivity index (χ4v) is 4.65. The zero-order chi connectivity index (χ0) is 22.0. The first-order valence-corrected chi connectivity index (χ1v) is 11.0. The van der Waals surface area contributed by atoms with Gasteiger partial charge in [0.15, 0.2) is 0 Å². The number of halogens is 2. The molecule has 6 nitrogen and oxygen atoms in total. The van der Waals surface area contributed by atoms with Gasteiger partial charge in [0.05, 0.1) is 20.5 Å². The van der Waals surface area contributed by atoms with Crippen LogP contribution in [0.1, 0.15) is 39.3 Å². The third-order valence-electron chi connectivity index (χ3n) is 5.24. The zero-order valence-electron chi connectivity index (χ0n) is 16.8. The van der Waals surface area contributed by atoms with E-state index >= 15 is 0 Å². The highest BCUT2D eigenvalue weighted by Gasteiger charge is 2.31. The fraction of sp³-hybridized carbons (Fsp3) is 0.227. The zero-order valence-corrected chi connectivity index (χ0v) is 19.4. The summed E-state index contributed by atoms with van der Waals surface area (Å²) in [5.41, 5.74) is -0.0781. The van der Waals surface area contributed by atoms with E-state index in [2.05, 4.69) is 10.6 Å². The molecule has 2 atom stereocenters. The summed E-state index contributed by atoms with van der Waals surface area (Å²) >= 11 is 7.07. The molecule has 0 aliphatic heterocycles. The van der Waals surface area contributed by atoms with Gasteiger partial charge in [0, 0.05) is 24.3 Å². The first-order chi connectivity index (χ1) is 14.9. The number of hydrogen-bond acceptors (Lipinski definition) is 4. The van der Waals surface area contributed by atoms with Crippen LogP contribution in [0.15, 0.2) is 59.5 Å². The predicted molar refractivity (Wildman–Crippen MR) is 128 cm³/mol. The Morgan fingerprint density at radius 2 is 1.75 bits per heavy atom. The molecule has 2 N–H and O–H groups in total. The smallest absolute Gasteiger partial charge is 0.261 e. The van der Waals surface area contributed by atoms with Crippen molar-refractivity contribution in [1.29, 1.82) is 0 Å². The molecule has 1 aliphatic carbocycles. The number of pyridine rings is 1. The summed E-state index contributed by atoms with van der Waals surface area (Å²) in [5, 5.41) is 5.77. The van der Waals surface area contributed by atoms with E-state index in [-0.39, 0.29) is 42.6 Å². The second-order valence-corrected chi connectivity index (χ2v) is 8.98. The lowest BCUT2D eigenvalue weighted by molar-refractivity contribution is 0.0891. The largest absolute Gasteiger partial charge is 0.347 e. The maximum Gasteiger partial charge on any atom is 0.261 e. The number of aromatic nitrogens is 1. The average Bonchev–Trinajstić information content (AvgIpc) is 3.37. The minimum atomic E-state index is -0.724. The lowest BCUT2D eigenvalue weighted by atomic mass is 10.1. The number of carbonyl (C=O) groups is 2. The van der Waals surface area contributed by atoms with E-state index < -0.39 is 11.7 Å². The standard InChI is InChI=1S/C22H19ClFN3O3S.H2S/c23-19-10-9-18(31-19)22(30)26-17-5-3-4-16(17)25-21(29)14-8-7-13(12-15(14)24)27-11-2-1-6-20(27)28;/h1-2,6-12,16-17H,3-5H2,(H,25,29)(H,26,30);1H2/t16-,17+;/m0./s1. The Morgan fingerprint density at radius 3 is 2.38 bits per heavy atom. The Bertz CT molecular complexity index is 1200. The Balaban J connectivity index is 0.00000289. The van der Waals surface area contributed by atoms with Gasteiger partial charge in [-0.2, -0.15) is 13.5 Å². The summed E-state index contributed by atoms with van der Waals surface area (Å²) in [5.74, 6) is -1.53. The Hall–Kier alpha value is -2.62. The first kappa shape index (κ1) is 24.0. The van der Waals surface area contributed by atoms with Gasteiger partial charge in [-0.3, -0.25) is 19.0 Å². The molecular formula is C22H21ClFN3O3S2. The SMILES string of the molecule is O=C(N[C@@H]1CCC[C@@H]1NC(=O)c1ccc(-n2ccccc2=O)cc1F)c1ccc(Cl)s1.S. The van der Waals surface area contributed by atoms with E-state index in [1.807, 2.05) is 0 Å². The van der Waals surface area contributed by atoms with Crippen molar-refractivity contribution in [1.82, 2.24) is 15.2 Å². The van der Waals surface area contributed by atoms with Gasteiger partial charge in [-0.1, -0.05) is 17.7 Å². The first-order valence-electron chi connectivity index (χ1n) is 9.77. The third kappa shape index (κ3) is 5.23. The monoisotopic (exact) mass is 493 g/mol. The number of benzene rings is 1. The summed E-state index contributed by atoms with van der Waals surface area (Å²) in [4.78, 5) is 37.5. The Kier molecular flexibility index (Phi) is 7.76. The number of thiophene rings is 1. The molecule has 2 aromatic heterocycles. The highest BCUT2D eigenvalue weighted by Crippen LogP contribution is 2.24. The molecule has 1 fully saturated rings. The molecule has 0 radical (unpaired) electrons. The number of carbonyl (C=O) groups excluding carboxylic acids is 2. The van der Waals surface area contributed by atoms with Gasteiger partial charge in [-0.05, 0) is 55.7 Å². The maximum absolute atomic E-state index is 14.7. The normalized spacial score (nSPS) is 17.4. The molecule has 0 spiro atoms. The number of nitrogens with one attached hydrogen (secondary N) is 2. The molecule has 0 bridgehead atoms. The second kappa shape index (κ2) is 10.3. The van der Waals surface area contributed by atoms with Gasteiger partial charge >= 0.3 is 0 Å². The van der Waals surface area contributed by atoms with Crippen molar-refractivity contribution in [2.24, 2.45) is 0 Å². The van der Waals surface area contributed by atoms with Gasteiger partial charge in [0.2, 0.25) is 0 Å². The quantitative estimate of drug-likeness (QED) is 0.566. The number of nitrogens with zero attached hydrogens (tertiary/aromatic N) is 1. The molecule has 2 amide bonds. The second-order valence-electron chi connectivity index (χ2n) is 7.27. The van der Waals surface area contributed by atoms with Crippen LogP contribution in [0.2, 0.25) is 4.34 Å². The summed E-state index contributed by atoms with van der Waals surface area (Å²) in [7, 11) is 0. The molecule has 168 valence electrons. The molecule has 32 heavy (non-hydrogen) atoms. The minimum Gasteiger partial charge on any atom is -0.347 e. The van der Waals surface area contributed by atoms with Crippen LogP contribution in [0.25, 0.3) is 5.69 Å². The highest BCUT2D eigenvalue weighted by molar-refractivity contribution is 7.59. The van der Waals surface area contributed by atoms with Gasteiger partial charge in [0.25, 0.3) is 17.4 Å². The molecule has 10 heteroatoms. The maximum atomic E-state index is 14.7. The van der Waals surface area contributed by atoms with E-state index in [4.69, 9.17) is 11.6 Å². The van der Waals surface area contributed by atoms with Crippen LogP contribution in [0, 0.1) is 5.82 Å². The summed E-state index contributed by atoms with van der Waals surface area (Å²) < 4.78 is 16.5. The third-order valence-corrected chi connectivity index (χ3v) is 6.47. The van der Waals surface area contributed by atoms with Crippen LogP contribution in [-0.2, 0) is 0 Å². The number of rotatable bonds is 5. The summed E-state index contributed by atoms with van der Waals surface area (Å²) in [6.45, 7) is 0. The van der Waals surface area contributed by atoms with Crippen LogP contribution in [-0.4, -0.2) is 28.5 Å². The molecule has 1 saturated carbocycles. The fourth-order valence-electron chi connectivity index (χ4n) is 3.71. The van der Waals surface area contributed by atoms with E-state index in [1.165, 1.54) is 40.3 Å². The average molecular weight is 494 g/mol. The van der Waals surface area contributed by atoms with Crippen LogP contribution < -0.4 is 16.2 Å². The molecule has 4 rings (SSSR count). The Labute approximate surface area is 199 Å². The minimum absolute atomic E-state index is 0. The van der Waals surface area contributed by atoms with Crippen LogP contribution >= 0.6 is 36.4 Å². The highest BCUT2D eigenvalue weighted by atomic mass is 35.5. The lowest BCUT2D eigenvalue weighted by Gasteiger charge is -2.22. The topological polar surface area (TPSA) is 80.2 Å². The lowest BCUT2D eigenvalue weighted by Crippen LogP contribution is -2.48. The van der Waals surface area contributed by atoms with E-state index in [9.17, 15) is 18.8 Å². The van der Waals surface area contributed by atoms with Crippen LogP contribution in [0.5, 0.6) is 0 Å². The van der Waals surface area contributed by atoms with Crippen molar-refractivity contribution < 1.29 is 14.0 Å². The molecular weight excluding hydrogens is 473 g/mol. The summed E-state index contributed by atoms with van der Waals surface area (Å²) in [6.07, 6.45) is 3.76. The summed E-state index contributed by atoms with van der Waals surface area (Å²) in [6, 6.07) is 11.4. The number of amides is 2. The molecule has 2 heterocycles. The molecule has 1 aliphatic rings.